The van der Waals surface area contributed by atoms with Gasteiger partial charge in [0.15, 0.2) is 0 Å². The fourth-order valence-corrected chi connectivity index (χ4v) is 4.31. The molecule has 0 spiro atoms. The minimum Gasteiger partial charge on any atom is -0.122 e. The van der Waals surface area contributed by atoms with Gasteiger partial charge in [0.25, 0.3) is 0 Å². The quantitative estimate of drug-likeness (QED) is 0.363. The fourth-order valence-electron chi connectivity index (χ4n) is 2.75. The lowest BCUT2D eigenvalue weighted by atomic mass is 9.92. The molecule has 0 fully saturated rings. The molecule has 4 atom stereocenters. The highest BCUT2D eigenvalue weighted by atomic mass is 31.1. The van der Waals surface area contributed by atoms with Crippen LogP contribution in [0, 0.1) is 17.8 Å². The highest BCUT2D eigenvalue weighted by Crippen LogP contribution is 2.26. The zero-order valence-corrected chi connectivity index (χ0v) is 14.6. The molecule has 0 aromatic heterocycles. The van der Waals surface area contributed by atoms with Crippen molar-refractivity contribution >= 4 is 8.58 Å². The van der Waals surface area contributed by atoms with Gasteiger partial charge >= 0.3 is 0 Å². The molecule has 0 bridgehead atoms. The summed E-state index contributed by atoms with van der Waals surface area (Å²) < 4.78 is 0. The first kappa shape index (κ1) is 18.4. The summed E-state index contributed by atoms with van der Waals surface area (Å²) in [5.41, 5.74) is 0. The minimum atomic E-state index is 0.961. The molecule has 0 rings (SSSR count). The van der Waals surface area contributed by atoms with E-state index in [9.17, 15) is 0 Å². The summed E-state index contributed by atoms with van der Waals surface area (Å²) in [4.78, 5) is 0. The van der Waals surface area contributed by atoms with E-state index >= 15 is 0 Å². The van der Waals surface area contributed by atoms with Crippen molar-refractivity contribution in [2.45, 2.75) is 79.6 Å². The van der Waals surface area contributed by atoms with Crippen molar-refractivity contribution in [1.82, 2.24) is 0 Å². The van der Waals surface area contributed by atoms with Crippen LogP contribution in [0.15, 0.2) is 0 Å². The van der Waals surface area contributed by atoms with E-state index in [4.69, 9.17) is 0 Å². The van der Waals surface area contributed by atoms with E-state index in [1.165, 1.54) is 65.9 Å². The Hall–Kier alpha value is 0.430. The van der Waals surface area contributed by atoms with Crippen molar-refractivity contribution in [3.63, 3.8) is 0 Å². The monoisotopic (exact) mass is 272 g/mol. The van der Waals surface area contributed by atoms with E-state index in [0.29, 0.717) is 0 Å². The standard InChI is InChI=1S/C17H37P/c1-6-9-15(4)13-18-14-16(5)11-12-17(8-3)10-7-2/h15-18H,6-14H2,1-5H3. The highest BCUT2D eigenvalue weighted by molar-refractivity contribution is 7.37. The SMILES string of the molecule is CCCC(C)CPCC(C)CCC(CC)CCC. The smallest absolute Gasteiger partial charge is 0.0328 e. The molecule has 0 aromatic rings. The topological polar surface area (TPSA) is 0 Å². The van der Waals surface area contributed by atoms with E-state index in [0.717, 1.165) is 17.8 Å². The third-order valence-corrected chi connectivity index (χ3v) is 6.08. The molecule has 0 aliphatic rings. The lowest BCUT2D eigenvalue weighted by Crippen LogP contribution is -2.05. The van der Waals surface area contributed by atoms with Crippen molar-refractivity contribution < 1.29 is 0 Å². The summed E-state index contributed by atoms with van der Waals surface area (Å²) in [6.45, 7) is 11.9. The van der Waals surface area contributed by atoms with Crippen LogP contribution in [0.5, 0.6) is 0 Å². The van der Waals surface area contributed by atoms with Gasteiger partial charge in [0, 0.05) is 0 Å². The molecule has 0 saturated carbocycles. The molecule has 0 aromatic carbocycles. The maximum absolute atomic E-state index is 2.47. The Morgan fingerprint density at radius 2 is 1.28 bits per heavy atom. The average Bonchev–Trinajstić information content (AvgIpc) is 2.34. The van der Waals surface area contributed by atoms with Crippen LogP contribution in [0.4, 0.5) is 0 Å². The van der Waals surface area contributed by atoms with Crippen LogP contribution in [0.25, 0.3) is 0 Å². The van der Waals surface area contributed by atoms with Crippen LogP contribution in [-0.2, 0) is 0 Å². The molecule has 0 amide bonds. The summed E-state index contributed by atoms with van der Waals surface area (Å²) in [6.07, 6.45) is 12.9. The second-order valence-corrected chi connectivity index (χ2v) is 7.61. The van der Waals surface area contributed by atoms with Gasteiger partial charge < -0.3 is 0 Å². The van der Waals surface area contributed by atoms with Gasteiger partial charge in [0.1, 0.15) is 0 Å². The van der Waals surface area contributed by atoms with Crippen molar-refractivity contribution in [3.05, 3.63) is 0 Å². The Morgan fingerprint density at radius 1 is 0.722 bits per heavy atom. The van der Waals surface area contributed by atoms with E-state index in [-0.39, 0.29) is 0 Å². The molecule has 1 heteroatoms. The van der Waals surface area contributed by atoms with Gasteiger partial charge in [-0.2, -0.15) is 0 Å². The maximum Gasteiger partial charge on any atom is -0.0328 e. The molecule has 0 heterocycles. The van der Waals surface area contributed by atoms with Gasteiger partial charge in [-0.1, -0.05) is 79.6 Å². The predicted molar refractivity (Wildman–Crippen MR) is 89.2 cm³/mol. The molecular formula is C17H37P. The zero-order valence-electron chi connectivity index (χ0n) is 13.6. The Kier molecular flexibility index (Phi) is 12.8. The number of hydrogen-bond acceptors (Lipinski definition) is 0. The summed E-state index contributed by atoms with van der Waals surface area (Å²) in [6, 6.07) is 0. The first-order valence-electron chi connectivity index (χ1n) is 8.34. The second-order valence-electron chi connectivity index (χ2n) is 6.30. The Labute approximate surface area is 118 Å². The molecular weight excluding hydrogens is 235 g/mol. The highest BCUT2D eigenvalue weighted by Gasteiger charge is 2.09. The summed E-state index contributed by atoms with van der Waals surface area (Å²) in [5, 5.41) is 0. The van der Waals surface area contributed by atoms with Crippen LogP contribution in [0.1, 0.15) is 79.6 Å². The molecule has 0 saturated heterocycles. The summed E-state index contributed by atoms with van der Waals surface area (Å²) in [5.74, 6) is 2.92. The third kappa shape index (κ3) is 10.4. The zero-order chi connectivity index (χ0) is 13.8. The first-order valence-corrected chi connectivity index (χ1v) is 9.76. The van der Waals surface area contributed by atoms with Crippen LogP contribution in [0.2, 0.25) is 0 Å². The number of hydrogen-bond donors (Lipinski definition) is 0. The average molecular weight is 272 g/mol. The van der Waals surface area contributed by atoms with Crippen molar-refractivity contribution in [2.24, 2.45) is 17.8 Å². The normalized spacial score (nSPS) is 17.2. The van der Waals surface area contributed by atoms with Crippen molar-refractivity contribution in [1.29, 1.82) is 0 Å². The van der Waals surface area contributed by atoms with E-state index < -0.39 is 0 Å². The lowest BCUT2D eigenvalue weighted by molar-refractivity contribution is 0.389. The predicted octanol–water partition coefficient (Wildman–Crippen LogP) is 6.34. The summed E-state index contributed by atoms with van der Waals surface area (Å²) >= 11 is 0. The van der Waals surface area contributed by atoms with E-state index in [1.807, 2.05) is 0 Å². The van der Waals surface area contributed by atoms with Crippen LogP contribution >= 0.6 is 8.58 Å². The van der Waals surface area contributed by atoms with Gasteiger partial charge in [-0.15, -0.1) is 8.58 Å². The maximum atomic E-state index is 2.47. The van der Waals surface area contributed by atoms with Crippen LogP contribution in [0.3, 0.4) is 0 Å². The first-order chi connectivity index (χ1) is 8.63. The molecule has 0 nitrogen and oxygen atoms in total. The Bertz CT molecular complexity index is 167. The van der Waals surface area contributed by atoms with Crippen LogP contribution < -0.4 is 0 Å². The fraction of sp³-hybridized carbons (Fsp3) is 1.00. The third-order valence-electron chi connectivity index (χ3n) is 4.11. The van der Waals surface area contributed by atoms with Gasteiger partial charge in [0.2, 0.25) is 0 Å². The second kappa shape index (κ2) is 12.5. The van der Waals surface area contributed by atoms with Gasteiger partial charge in [-0.25, -0.2) is 0 Å². The van der Waals surface area contributed by atoms with E-state index in [1.54, 1.807) is 0 Å². The van der Waals surface area contributed by atoms with Crippen molar-refractivity contribution in [2.75, 3.05) is 12.3 Å². The summed E-state index contributed by atoms with van der Waals surface area (Å²) in [7, 11) is 1.21. The molecule has 4 unspecified atom stereocenters. The molecule has 0 N–H and O–H groups in total. The van der Waals surface area contributed by atoms with Gasteiger partial charge in [-0.3, -0.25) is 0 Å². The Morgan fingerprint density at radius 3 is 1.78 bits per heavy atom. The minimum absolute atomic E-state index is 0.961. The Balaban J connectivity index is 3.55. The van der Waals surface area contributed by atoms with Gasteiger partial charge in [-0.05, 0) is 30.1 Å². The van der Waals surface area contributed by atoms with Gasteiger partial charge in [0.05, 0.1) is 0 Å². The molecule has 110 valence electrons. The van der Waals surface area contributed by atoms with Crippen LogP contribution in [-0.4, -0.2) is 12.3 Å². The largest absolute Gasteiger partial charge is 0.122 e. The molecule has 0 aliphatic carbocycles. The number of rotatable bonds is 12. The molecule has 0 radical (unpaired) electrons. The molecule has 0 aliphatic heterocycles. The van der Waals surface area contributed by atoms with Crippen molar-refractivity contribution in [3.8, 4) is 0 Å². The lowest BCUT2D eigenvalue weighted by Gasteiger charge is -2.18. The molecule has 18 heavy (non-hydrogen) atoms. The van der Waals surface area contributed by atoms with E-state index in [2.05, 4.69) is 34.6 Å².